The van der Waals surface area contributed by atoms with Gasteiger partial charge >= 0.3 is 0 Å². The number of rotatable bonds is 4. The Morgan fingerprint density at radius 2 is 2.10 bits per heavy atom. The number of Topliss-reactive ketones (excluding diaryl/α,β-unsaturated/α-hetero) is 1. The summed E-state index contributed by atoms with van der Waals surface area (Å²) in [5.74, 6) is 1.40. The summed E-state index contributed by atoms with van der Waals surface area (Å²) in [5, 5.41) is 0. The molecule has 0 radical (unpaired) electrons. The molecule has 2 rings (SSSR count). The lowest BCUT2D eigenvalue weighted by molar-refractivity contribution is -0.127. The van der Waals surface area contributed by atoms with E-state index in [0.717, 1.165) is 24.2 Å². The van der Waals surface area contributed by atoms with Crippen molar-refractivity contribution in [2.75, 3.05) is 7.11 Å². The van der Waals surface area contributed by atoms with Crippen molar-refractivity contribution in [3.05, 3.63) is 29.3 Å². The molecule has 1 aromatic rings. The molecule has 0 aliphatic heterocycles. The first-order chi connectivity index (χ1) is 9.44. The van der Waals surface area contributed by atoms with Crippen molar-refractivity contribution in [1.82, 2.24) is 0 Å². The van der Waals surface area contributed by atoms with Gasteiger partial charge in [0, 0.05) is 17.9 Å². The van der Waals surface area contributed by atoms with Crippen LogP contribution in [0.25, 0.3) is 0 Å². The first-order valence-corrected chi connectivity index (χ1v) is 7.60. The Kier molecular flexibility index (Phi) is 4.52. The van der Waals surface area contributed by atoms with E-state index in [1.807, 2.05) is 12.1 Å². The zero-order valence-corrected chi connectivity index (χ0v) is 13.2. The molecule has 0 amide bonds. The van der Waals surface area contributed by atoms with Crippen LogP contribution in [0.4, 0.5) is 0 Å². The van der Waals surface area contributed by atoms with Gasteiger partial charge in [0.1, 0.15) is 11.5 Å². The maximum atomic E-state index is 12.7. The summed E-state index contributed by atoms with van der Waals surface area (Å²) in [6.45, 7) is 6.53. The second-order valence-electron chi connectivity index (χ2n) is 6.75. The van der Waals surface area contributed by atoms with Crippen LogP contribution in [-0.4, -0.2) is 12.9 Å². The van der Waals surface area contributed by atoms with Crippen LogP contribution in [-0.2, 0) is 11.2 Å². The predicted molar refractivity (Wildman–Crippen MR) is 82.2 cm³/mol. The van der Waals surface area contributed by atoms with Crippen molar-refractivity contribution < 1.29 is 9.53 Å². The first-order valence-electron chi connectivity index (χ1n) is 7.60. The molecule has 2 heteroatoms. The number of methoxy groups -OCH3 is 1. The zero-order chi connectivity index (χ0) is 14.8. The summed E-state index contributed by atoms with van der Waals surface area (Å²) >= 11 is 0. The van der Waals surface area contributed by atoms with Crippen LogP contribution in [0, 0.1) is 18.3 Å². The van der Waals surface area contributed by atoms with Crippen molar-refractivity contribution in [3.8, 4) is 5.75 Å². The number of carbonyl (C=O) groups is 1. The molecule has 20 heavy (non-hydrogen) atoms. The second kappa shape index (κ2) is 5.99. The molecule has 0 saturated heterocycles. The number of hydrogen-bond donors (Lipinski definition) is 0. The fourth-order valence-electron chi connectivity index (χ4n) is 3.45. The topological polar surface area (TPSA) is 26.3 Å². The summed E-state index contributed by atoms with van der Waals surface area (Å²) in [4.78, 5) is 12.7. The van der Waals surface area contributed by atoms with Crippen molar-refractivity contribution in [2.24, 2.45) is 11.3 Å². The Balaban J connectivity index is 2.17. The Hall–Kier alpha value is -1.31. The largest absolute Gasteiger partial charge is 0.496 e. The van der Waals surface area contributed by atoms with Gasteiger partial charge in [-0.25, -0.2) is 0 Å². The van der Waals surface area contributed by atoms with Crippen molar-refractivity contribution in [2.45, 2.75) is 52.9 Å². The standard InChI is InChI=1S/C18H26O2/c1-13-8-9-17(20-4)14(11-13)12-16(19)15-7-5-6-10-18(15,2)3/h8-9,11,15H,5-7,10,12H2,1-4H3. The summed E-state index contributed by atoms with van der Waals surface area (Å²) < 4.78 is 5.39. The minimum absolute atomic E-state index is 0.145. The molecular formula is C18H26O2. The van der Waals surface area contributed by atoms with Gasteiger partial charge in [-0.1, -0.05) is 44.4 Å². The van der Waals surface area contributed by atoms with Crippen LogP contribution in [0.15, 0.2) is 18.2 Å². The summed E-state index contributed by atoms with van der Waals surface area (Å²) in [6.07, 6.45) is 5.14. The first kappa shape index (κ1) is 15.1. The van der Waals surface area contributed by atoms with Gasteiger partial charge in [-0.05, 0) is 31.2 Å². The highest BCUT2D eigenvalue weighted by Gasteiger charge is 2.36. The molecule has 1 unspecified atom stereocenters. The molecule has 2 nitrogen and oxygen atoms in total. The third-order valence-corrected chi connectivity index (χ3v) is 4.70. The molecule has 0 spiro atoms. The van der Waals surface area contributed by atoms with Crippen LogP contribution in [0.3, 0.4) is 0 Å². The Bertz CT molecular complexity index is 488. The van der Waals surface area contributed by atoms with E-state index in [1.165, 1.54) is 18.4 Å². The van der Waals surface area contributed by atoms with Gasteiger partial charge in [-0.15, -0.1) is 0 Å². The van der Waals surface area contributed by atoms with Crippen LogP contribution in [0.2, 0.25) is 0 Å². The molecule has 0 bridgehead atoms. The maximum absolute atomic E-state index is 12.7. The highest BCUT2D eigenvalue weighted by atomic mass is 16.5. The molecule has 1 atom stereocenters. The summed E-state index contributed by atoms with van der Waals surface area (Å²) in [7, 11) is 1.67. The van der Waals surface area contributed by atoms with Crippen molar-refractivity contribution in [3.63, 3.8) is 0 Å². The summed E-state index contributed by atoms with van der Waals surface area (Å²) in [5.41, 5.74) is 2.35. The fourth-order valence-corrected chi connectivity index (χ4v) is 3.45. The normalized spacial score (nSPS) is 21.5. The van der Waals surface area contributed by atoms with Crippen LogP contribution >= 0.6 is 0 Å². The average molecular weight is 274 g/mol. The maximum Gasteiger partial charge on any atom is 0.141 e. The van der Waals surface area contributed by atoms with Gasteiger partial charge in [0.2, 0.25) is 0 Å². The molecule has 0 aromatic heterocycles. The Labute approximate surface area is 122 Å². The van der Waals surface area contributed by atoms with Crippen LogP contribution in [0.1, 0.15) is 50.7 Å². The highest BCUT2D eigenvalue weighted by Crippen LogP contribution is 2.41. The van der Waals surface area contributed by atoms with E-state index in [-0.39, 0.29) is 11.3 Å². The lowest BCUT2D eigenvalue weighted by Crippen LogP contribution is -2.34. The predicted octanol–water partition coefficient (Wildman–Crippen LogP) is 4.33. The number of aryl methyl sites for hydroxylation is 1. The van der Waals surface area contributed by atoms with Gasteiger partial charge in [-0.2, -0.15) is 0 Å². The molecule has 0 heterocycles. The molecule has 0 N–H and O–H groups in total. The van der Waals surface area contributed by atoms with Crippen molar-refractivity contribution >= 4 is 5.78 Å². The van der Waals surface area contributed by atoms with E-state index in [9.17, 15) is 4.79 Å². The number of ketones is 1. The second-order valence-corrected chi connectivity index (χ2v) is 6.75. The smallest absolute Gasteiger partial charge is 0.141 e. The number of carbonyl (C=O) groups excluding carboxylic acids is 1. The van der Waals surface area contributed by atoms with E-state index in [1.54, 1.807) is 7.11 Å². The number of benzene rings is 1. The molecule has 1 aliphatic carbocycles. The summed E-state index contributed by atoms with van der Waals surface area (Å²) in [6, 6.07) is 6.06. The highest BCUT2D eigenvalue weighted by molar-refractivity contribution is 5.84. The van der Waals surface area contributed by atoms with Crippen molar-refractivity contribution in [1.29, 1.82) is 0 Å². The Morgan fingerprint density at radius 1 is 1.35 bits per heavy atom. The lowest BCUT2D eigenvalue weighted by atomic mass is 9.66. The van der Waals surface area contributed by atoms with Gasteiger partial charge in [0.25, 0.3) is 0 Å². The van der Waals surface area contributed by atoms with E-state index in [4.69, 9.17) is 4.74 Å². The van der Waals surface area contributed by atoms with Gasteiger partial charge in [0.15, 0.2) is 0 Å². The molecule has 1 fully saturated rings. The SMILES string of the molecule is COc1ccc(C)cc1CC(=O)C1CCCCC1(C)C. The van der Waals surface area contributed by atoms with Gasteiger partial charge in [0.05, 0.1) is 7.11 Å². The molecular weight excluding hydrogens is 248 g/mol. The zero-order valence-electron chi connectivity index (χ0n) is 13.2. The number of ether oxygens (including phenoxy) is 1. The van der Waals surface area contributed by atoms with Gasteiger partial charge < -0.3 is 4.74 Å². The number of hydrogen-bond acceptors (Lipinski definition) is 2. The van der Waals surface area contributed by atoms with E-state index in [0.29, 0.717) is 12.2 Å². The fraction of sp³-hybridized carbons (Fsp3) is 0.611. The molecule has 1 saturated carbocycles. The minimum atomic E-state index is 0.145. The van der Waals surface area contributed by atoms with Crippen LogP contribution in [0.5, 0.6) is 5.75 Å². The monoisotopic (exact) mass is 274 g/mol. The van der Waals surface area contributed by atoms with Gasteiger partial charge in [-0.3, -0.25) is 4.79 Å². The molecule has 1 aliphatic rings. The minimum Gasteiger partial charge on any atom is -0.496 e. The molecule has 1 aromatic carbocycles. The van der Waals surface area contributed by atoms with E-state index >= 15 is 0 Å². The third kappa shape index (κ3) is 3.23. The lowest BCUT2D eigenvalue weighted by Gasteiger charge is -2.37. The molecule has 110 valence electrons. The third-order valence-electron chi connectivity index (χ3n) is 4.70. The van der Waals surface area contributed by atoms with E-state index in [2.05, 4.69) is 26.8 Å². The average Bonchev–Trinajstić information content (AvgIpc) is 2.38. The van der Waals surface area contributed by atoms with Crippen LogP contribution < -0.4 is 4.74 Å². The quantitative estimate of drug-likeness (QED) is 0.816. The van der Waals surface area contributed by atoms with E-state index < -0.39 is 0 Å². The Morgan fingerprint density at radius 3 is 2.75 bits per heavy atom.